The van der Waals surface area contributed by atoms with Crippen molar-refractivity contribution in [1.29, 1.82) is 0 Å². The minimum Gasteiger partial charge on any atom is -0.492 e. The molecule has 0 unspecified atom stereocenters. The molecule has 0 saturated carbocycles. The van der Waals surface area contributed by atoms with Gasteiger partial charge in [-0.3, -0.25) is 4.90 Å². The Hall–Kier alpha value is -1.86. The van der Waals surface area contributed by atoms with Gasteiger partial charge in [0.15, 0.2) is 5.69 Å². The summed E-state index contributed by atoms with van der Waals surface area (Å²) in [4.78, 5) is 16.9. The number of benzene rings is 1. The molecule has 2 heterocycles. The van der Waals surface area contributed by atoms with Gasteiger partial charge in [0, 0.05) is 23.1 Å². The maximum atomic E-state index is 10.8. The van der Waals surface area contributed by atoms with Gasteiger partial charge in [0.2, 0.25) is 5.89 Å². The van der Waals surface area contributed by atoms with Crippen molar-refractivity contribution in [3.05, 3.63) is 46.1 Å². The summed E-state index contributed by atoms with van der Waals surface area (Å²) in [6.07, 6.45) is 1.16. The van der Waals surface area contributed by atoms with Gasteiger partial charge in [-0.2, -0.15) is 0 Å². The summed E-state index contributed by atoms with van der Waals surface area (Å²) in [5.41, 5.74) is 1.01. The third-order valence-electron chi connectivity index (χ3n) is 3.21. The fourth-order valence-electron chi connectivity index (χ4n) is 2.23. The first-order valence-electron chi connectivity index (χ1n) is 6.43. The Bertz CT molecular complexity index is 671. The number of rotatable bonds is 3. The molecule has 1 aromatic carbocycles. The van der Waals surface area contributed by atoms with E-state index in [4.69, 9.17) is 14.3 Å². The molecule has 0 aliphatic carbocycles. The highest BCUT2D eigenvalue weighted by Crippen LogP contribution is 2.27. The lowest BCUT2D eigenvalue weighted by atomic mass is 10.2. The van der Waals surface area contributed by atoms with Gasteiger partial charge in [0.1, 0.15) is 18.6 Å². The van der Waals surface area contributed by atoms with E-state index in [1.165, 1.54) is 0 Å². The van der Waals surface area contributed by atoms with Crippen molar-refractivity contribution in [3.8, 4) is 5.75 Å². The van der Waals surface area contributed by atoms with Crippen LogP contribution in [0.4, 0.5) is 0 Å². The van der Waals surface area contributed by atoms with Crippen molar-refractivity contribution >= 4 is 21.9 Å². The van der Waals surface area contributed by atoms with Crippen LogP contribution in [0.3, 0.4) is 0 Å². The molecule has 1 aliphatic rings. The normalized spacial score (nSPS) is 15.1. The zero-order chi connectivity index (χ0) is 14.8. The zero-order valence-electron chi connectivity index (χ0n) is 11.1. The lowest BCUT2D eigenvalue weighted by Gasteiger charge is -2.16. The second-order valence-corrected chi connectivity index (χ2v) is 5.66. The number of hydrogen-bond donors (Lipinski definition) is 1. The zero-order valence-corrected chi connectivity index (χ0v) is 12.7. The smallest absolute Gasteiger partial charge is 0.357 e. The van der Waals surface area contributed by atoms with Gasteiger partial charge >= 0.3 is 5.97 Å². The number of aromatic carboxylic acids is 1. The lowest BCUT2D eigenvalue weighted by Crippen LogP contribution is -2.25. The molecule has 3 rings (SSSR count). The van der Waals surface area contributed by atoms with Crippen molar-refractivity contribution in [2.75, 3.05) is 13.2 Å². The van der Waals surface area contributed by atoms with Crippen molar-refractivity contribution in [3.63, 3.8) is 0 Å². The number of fused-ring (bicyclic) bond motifs is 1. The molecule has 7 heteroatoms. The summed E-state index contributed by atoms with van der Waals surface area (Å²) in [6, 6.07) is 5.91. The third kappa shape index (κ3) is 3.25. The summed E-state index contributed by atoms with van der Waals surface area (Å²) in [6.45, 7) is 2.43. The van der Waals surface area contributed by atoms with Crippen LogP contribution in [0.5, 0.6) is 5.75 Å². The van der Waals surface area contributed by atoms with E-state index in [0.29, 0.717) is 25.6 Å². The van der Waals surface area contributed by atoms with E-state index in [-0.39, 0.29) is 5.69 Å². The van der Waals surface area contributed by atoms with Gasteiger partial charge in [0.25, 0.3) is 0 Å². The second kappa shape index (κ2) is 5.87. The van der Waals surface area contributed by atoms with E-state index in [0.717, 1.165) is 28.6 Å². The van der Waals surface area contributed by atoms with Gasteiger partial charge in [-0.05, 0) is 18.2 Å². The predicted octanol–water partition coefficient (Wildman–Crippen LogP) is 2.53. The number of aromatic nitrogens is 1. The number of ether oxygens (including phenoxy) is 1. The van der Waals surface area contributed by atoms with Crippen molar-refractivity contribution in [1.82, 2.24) is 9.88 Å². The van der Waals surface area contributed by atoms with Crippen LogP contribution < -0.4 is 4.74 Å². The number of carboxylic acids is 1. The summed E-state index contributed by atoms with van der Waals surface area (Å²) >= 11 is 3.45. The Morgan fingerprint density at radius 1 is 1.48 bits per heavy atom. The molecule has 2 aromatic rings. The summed E-state index contributed by atoms with van der Waals surface area (Å²) < 4.78 is 11.9. The molecule has 6 nitrogen and oxygen atoms in total. The maximum Gasteiger partial charge on any atom is 0.357 e. The van der Waals surface area contributed by atoms with E-state index >= 15 is 0 Å². The predicted molar refractivity (Wildman–Crippen MR) is 77.2 cm³/mol. The molecule has 21 heavy (non-hydrogen) atoms. The standard InChI is InChI=1S/C14H13BrN2O4/c15-10-1-2-12-9(5-10)6-17(3-4-20-12)7-13-16-11(8-21-13)14(18)19/h1-2,5,8H,3-4,6-7H2,(H,18,19). The molecule has 0 spiro atoms. The van der Waals surface area contributed by atoms with Crippen LogP contribution in [0.15, 0.2) is 33.4 Å². The summed E-state index contributed by atoms with van der Waals surface area (Å²) in [5.74, 6) is 0.184. The molecule has 1 aliphatic heterocycles. The molecule has 0 bridgehead atoms. The van der Waals surface area contributed by atoms with Crippen LogP contribution in [-0.4, -0.2) is 34.1 Å². The first kappa shape index (κ1) is 14.1. The van der Waals surface area contributed by atoms with E-state index in [1.54, 1.807) is 0 Å². The Kier molecular flexibility index (Phi) is 3.94. The first-order chi connectivity index (χ1) is 10.1. The summed E-state index contributed by atoms with van der Waals surface area (Å²) in [5, 5.41) is 8.85. The SMILES string of the molecule is O=C(O)c1coc(CN2CCOc3ccc(Br)cc3C2)n1. The molecular formula is C14H13BrN2O4. The third-order valence-corrected chi connectivity index (χ3v) is 3.70. The average Bonchev–Trinajstić information content (AvgIpc) is 2.80. The topological polar surface area (TPSA) is 75.8 Å². The monoisotopic (exact) mass is 352 g/mol. The summed E-state index contributed by atoms with van der Waals surface area (Å²) in [7, 11) is 0. The highest BCUT2D eigenvalue weighted by Gasteiger charge is 2.18. The Balaban J connectivity index is 1.75. The molecule has 0 fully saturated rings. The lowest BCUT2D eigenvalue weighted by molar-refractivity contribution is 0.0690. The Morgan fingerprint density at radius 3 is 3.10 bits per heavy atom. The van der Waals surface area contributed by atoms with E-state index in [1.807, 2.05) is 18.2 Å². The molecule has 0 atom stereocenters. The van der Waals surface area contributed by atoms with Crippen molar-refractivity contribution in [2.45, 2.75) is 13.1 Å². The number of nitrogens with zero attached hydrogens (tertiary/aromatic N) is 2. The largest absolute Gasteiger partial charge is 0.492 e. The Morgan fingerprint density at radius 2 is 2.33 bits per heavy atom. The fraction of sp³-hybridized carbons (Fsp3) is 0.286. The van der Waals surface area contributed by atoms with E-state index in [9.17, 15) is 4.79 Å². The number of oxazole rings is 1. The number of carbonyl (C=O) groups is 1. The molecule has 1 N–H and O–H groups in total. The molecule has 0 saturated heterocycles. The molecule has 110 valence electrons. The maximum absolute atomic E-state index is 10.8. The molecule has 1 aromatic heterocycles. The molecule has 0 radical (unpaired) electrons. The van der Waals surface area contributed by atoms with Crippen LogP contribution in [0.25, 0.3) is 0 Å². The highest BCUT2D eigenvalue weighted by molar-refractivity contribution is 9.10. The van der Waals surface area contributed by atoms with Crippen LogP contribution in [0.1, 0.15) is 21.9 Å². The first-order valence-corrected chi connectivity index (χ1v) is 7.22. The number of halogens is 1. The second-order valence-electron chi connectivity index (χ2n) is 4.74. The van der Waals surface area contributed by atoms with Gasteiger partial charge in [-0.25, -0.2) is 9.78 Å². The van der Waals surface area contributed by atoms with Crippen LogP contribution >= 0.6 is 15.9 Å². The minimum atomic E-state index is -1.08. The fourth-order valence-corrected chi connectivity index (χ4v) is 2.63. The average molecular weight is 353 g/mol. The van der Waals surface area contributed by atoms with Crippen LogP contribution in [-0.2, 0) is 13.1 Å². The van der Waals surface area contributed by atoms with Crippen LogP contribution in [0.2, 0.25) is 0 Å². The van der Waals surface area contributed by atoms with E-state index in [2.05, 4.69) is 25.8 Å². The quantitative estimate of drug-likeness (QED) is 0.914. The van der Waals surface area contributed by atoms with Crippen molar-refractivity contribution < 1.29 is 19.1 Å². The van der Waals surface area contributed by atoms with Gasteiger partial charge in [0.05, 0.1) is 6.54 Å². The minimum absolute atomic E-state index is 0.0702. The highest BCUT2D eigenvalue weighted by atomic mass is 79.9. The number of carboxylic acid groups (broad SMARTS) is 1. The van der Waals surface area contributed by atoms with E-state index < -0.39 is 5.97 Å². The van der Waals surface area contributed by atoms with Crippen LogP contribution in [0, 0.1) is 0 Å². The van der Waals surface area contributed by atoms with Gasteiger partial charge in [-0.15, -0.1) is 0 Å². The van der Waals surface area contributed by atoms with Gasteiger partial charge < -0.3 is 14.3 Å². The van der Waals surface area contributed by atoms with Gasteiger partial charge in [-0.1, -0.05) is 15.9 Å². The number of hydrogen-bond acceptors (Lipinski definition) is 5. The van der Waals surface area contributed by atoms with Crippen molar-refractivity contribution in [2.24, 2.45) is 0 Å². The molecular weight excluding hydrogens is 340 g/mol. The Labute approximate surface area is 129 Å². The molecule has 0 amide bonds.